The summed E-state index contributed by atoms with van der Waals surface area (Å²) in [6, 6.07) is 10.4. The van der Waals surface area contributed by atoms with Crippen LogP contribution in [0.25, 0.3) is 0 Å². The van der Waals surface area contributed by atoms with Crippen LogP contribution in [-0.2, 0) is 6.61 Å². The number of aromatic carboxylic acids is 1. The van der Waals surface area contributed by atoms with Gasteiger partial charge in [0.25, 0.3) is 0 Å². The maximum absolute atomic E-state index is 10.8. The first-order chi connectivity index (χ1) is 9.47. The standard InChI is InChI=1S/C15H12BrClO3/c1-9-2-5-12(16)7-14(9)20-8-11-4-3-10(15(18)19)6-13(11)17/h2-7H,8H2,1H3,(H,18,19). The molecule has 0 aliphatic carbocycles. The number of benzene rings is 2. The fourth-order valence-electron chi connectivity index (χ4n) is 1.68. The maximum Gasteiger partial charge on any atom is 0.335 e. The van der Waals surface area contributed by atoms with Crippen molar-refractivity contribution in [1.82, 2.24) is 0 Å². The molecule has 104 valence electrons. The fourth-order valence-corrected chi connectivity index (χ4v) is 2.26. The molecule has 20 heavy (non-hydrogen) atoms. The minimum absolute atomic E-state index is 0.164. The van der Waals surface area contributed by atoms with Crippen molar-refractivity contribution in [2.45, 2.75) is 13.5 Å². The fraction of sp³-hybridized carbons (Fsp3) is 0.133. The number of carboxylic acids is 1. The molecule has 1 N–H and O–H groups in total. The van der Waals surface area contributed by atoms with E-state index in [0.29, 0.717) is 5.02 Å². The molecule has 3 nitrogen and oxygen atoms in total. The van der Waals surface area contributed by atoms with Gasteiger partial charge in [-0.2, -0.15) is 0 Å². The molecule has 0 aliphatic heterocycles. The zero-order valence-electron chi connectivity index (χ0n) is 10.7. The maximum atomic E-state index is 10.8. The van der Waals surface area contributed by atoms with Gasteiger partial charge < -0.3 is 9.84 Å². The number of hydrogen-bond acceptors (Lipinski definition) is 2. The van der Waals surface area contributed by atoms with Gasteiger partial charge in [0.2, 0.25) is 0 Å². The van der Waals surface area contributed by atoms with E-state index in [1.54, 1.807) is 6.07 Å². The van der Waals surface area contributed by atoms with Crippen LogP contribution in [0.4, 0.5) is 0 Å². The van der Waals surface area contributed by atoms with E-state index in [0.717, 1.165) is 21.3 Å². The molecule has 0 atom stereocenters. The second kappa shape index (κ2) is 6.29. The van der Waals surface area contributed by atoms with Gasteiger partial charge in [-0.1, -0.05) is 39.7 Å². The quantitative estimate of drug-likeness (QED) is 0.865. The van der Waals surface area contributed by atoms with Crippen molar-refractivity contribution in [3.05, 3.63) is 62.6 Å². The largest absolute Gasteiger partial charge is 0.489 e. The third kappa shape index (κ3) is 3.52. The van der Waals surface area contributed by atoms with E-state index in [1.165, 1.54) is 12.1 Å². The molecule has 0 fully saturated rings. The number of aryl methyl sites for hydroxylation is 1. The van der Waals surface area contributed by atoms with Crippen molar-refractivity contribution in [3.63, 3.8) is 0 Å². The average Bonchev–Trinajstić information content (AvgIpc) is 2.40. The molecule has 0 aliphatic rings. The highest BCUT2D eigenvalue weighted by atomic mass is 79.9. The van der Waals surface area contributed by atoms with E-state index in [4.69, 9.17) is 21.4 Å². The molecule has 0 bridgehead atoms. The molecule has 2 rings (SSSR count). The van der Waals surface area contributed by atoms with Crippen molar-refractivity contribution >= 4 is 33.5 Å². The zero-order chi connectivity index (χ0) is 14.7. The van der Waals surface area contributed by atoms with Gasteiger partial charge >= 0.3 is 5.97 Å². The number of rotatable bonds is 4. The van der Waals surface area contributed by atoms with Gasteiger partial charge in [-0.15, -0.1) is 0 Å². The van der Waals surface area contributed by atoms with Crippen LogP contribution >= 0.6 is 27.5 Å². The van der Waals surface area contributed by atoms with Crippen LogP contribution in [0.3, 0.4) is 0 Å². The van der Waals surface area contributed by atoms with Crippen LogP contribution < -0.4 is 4.74 Å². The molecule has 0 unspecified atom stereocenters. The lowest BCUT2D eigenvalue weighted by atomic mass is 10.1. The average molecular weight is 356 g/mol. The molecule has 0 spiro atoms. The topological polar surface area (TPSA) is 46.5 Å². The number of hydrogen-bond donors (Lipinski definition) is 1. The zero-order valence-corrected chi connectivity index (χ0v) is 13.0. The van der Waals surface area contributed by atoms with Gasteiger partial charge in [0.05, 0.1) is 5.56 Å². The van der Waals surface area contributed by atoms with Crippen LogP contribution in [0.2, 0.25) is 5.02 Å². The SMILES string of the molecule is Cc1ccc(Br)cc1OCc1ccc(C(=O)O)cc1Cl. The van der Waals surface area contributed by atoms with Gasteiger partial charge in [0, 0.05) is 15.1 Å². The van der Waals surface area contributed by atoms with Crippen LogP contribution in [0.1, 0.15) is 21.5 Å². The van der Waals surface area contributed by atoms with E-state index in [2.05, 4.69) is 15.9 Å². The Bertz CT molecular complexity index is 656. The first-order valence-electron chi connectivity index (χ1n) is 5.88. The van der Waals surface area contributed by atoms with E-state index >= 15 is 0 Å². The first-order valence-corrected chi connectivity index (χ1v) is 7.05. The summed E-state index contributed by atoms with van der Waals surface area (Å²) in [6.45, 7) is 2.24. The summed E-state index contributed by atoms with van der Waals surface area (Å²) >= 11 is 9.45. The van der Waals surface area contributed by atoms with E-state index in [-0.39, 0.29) is 12.2 Å². The van der Waals surface area contributed by atoms with Crippen LogP contribution in [-0.4, -0.2) is 11.1 Å². The Balaban J connectivity index is 2.15. The number of carbonyl (C=O) groups is 1. The highest BCUT2D eigenvalue weighted by Crippen LogP contribution is 2.25. The Hall–Kier alpha value is -1.52. The Morgan fingerprint density at radius 3 is 2.70 bits per heavy atom. The Morgan fingerprint density at radius 2 is 2.05 bits per heavy atom. The number of carboxylic acid groups (broad SMARTS) is 1. The van der Waals surface area contributed by atoms with Gasteiger partial charge in [0.15, 0.2) is 0 Å². The van der Waals surface area contributed by atoms with E-state index in [1.807, 2.05) is 25.1 Å². The minimum atomic E-state index is -0.998. The molecule has 2 aromatic carbocycles. The number of halogens is 2. The summed E-state index contributed by atoms with van der Waals surface area (Å²) < 4.78 is 6.66. The van der Waals surface area contributed by atoms with Gasteiger partial charge in [0.1, 0.15) is 12.4 Å². The summed E-state index contributed by atoms with van der Waals surface area (Å²) in [5.74, 6) is -0.236. The predicted molar refractivity (Wildman–Crippen MR) is 81.6 cm³/mol. The Labute approximate surface area is 130 Å². The molecule has 0 saturated carbocycles. The highest BCUT2D eigenvalue weighted by Gasteiger charge is 2.08. The molecule has 0 radical (unpaired) electrons. The Kier molecular flexibility index (Phi) is 4.68. The molecule has 0 saturated heterocycles. The molecule has 0 heterocycles. The lowest BCUT2D eigenvalue weighted by molar-refractivity contribution is 0.0697. The smallest absolute Gasteiger partial charge is 0.335 e. The molecular formula is C15H12BrClO3. The molecule has 0 amide bonds. The lowest BCUT2D eigenvalue weighted by Crippen LogP contribution is -2.01. The summed E-state index contributed by atoms with van der Waals surface area (Å²) in [6.07, 6.45) is 0. The predicted octanol–water partition coefficient (Wildman–Crippen LogP) is 4.69. The van der Waals surface area contributed by atoms with Crippen LogP contribution in [0.15, 0.2) is 40.9 Å². The van der Waals surface area contributed by atoms with Crippen molar-refractivity contribution in [1.29, 1.82) is 0 Å². The van der Waals surface area contributed by atoms with Crippen molar-refractivity contribution in [2.24, 2.45) is 0 Å². The normalized spacial score (nSPS) is 10.3. The summed E-state index contributed by atoms with van der Waals surface area (Å²) in [7, 11) is 0. The van der Waals surface area contributed by atoms with Gasteiger partial charge in [-0.3, -0.25) is 0 Å². The van der Waals surface area contributed by atoms with Crippen LogP contribution in [0, 0.1) is 6.92 Å². The summed E-state index contributed by atoms with van der Waals surface area (Å²) in [5, 5.41) is 9.27. The third-order valence-electron chi connectivity index (χ3n) is 2.83. The Morgan fingerprint density at radius 1 is 1.30 bits per heavy atom. The van der Waals surface area contributed by atoms with E-state index in [9.17, 15) is 4.79 Å². The van der Waals surface area contributed by atoms with Crippen molar-refractivity contribution in [3.8, 4) is 5.75 Å². The molecule has 5 heteroatoms. The second-order valence-electron chi connectivity index (χ2n) is 4.31. The molecular weight excluding hydrogens is 344 g/mol. The monoisotopic (exact) mass is 354 g/mol. The highest BCUT2D eigenvalue weighted by molar-refractivity contribution is 9.10. The summed E-state index contributed by atoms with van der Waals surface area (Å²) in [4.78, 5) is 10.8. The van der Waals surface area contributed by atoms with Crippen molar-refractivity contribution in [2.75, 3.05) is 0 Å². The second-order valence-corrected chi connectivity index (χ2v) is 5.63. The first kappa shape index (κ1) is 14.9. The molecule has 2 aromatic rings. The lowest BCUT2D eigenvalue weighted by Gasteiger charge is -2.11. The van der Waals surface area contributed by atoms with Crippen molar-refractivity contribution < 1.29 is 14.6 Å². The number of ether oxygens (including phenoxy) is 1. The third-order valence-corrected chi connectivity index (χ3v) is 3.68. The molecule has 0 aromatic heterocycles. The van der Waals surface area contributed by atoms with Gasteiger partial charge in [-0.25, -0.2) is 4.79 Å². The van der Waals surface area contributed by atoms with E-state index < -0.39 is 5.97 Å². The minimum Gasteiger partial charge on any atom is -0.489 e. The van der Waals surface area contributed by atoms with Gasteiger partial charge in [-0.05, 0) is 36.8 Å². The summed E-state index contributed by atoms with van der Waals surface area (Å²) in [5.41, 5.74) is 1.93. The van der Waals surface area contributed by atoms with Crippen LogP contribution in [0.5, 0.6) is 5.75 Å².